The summed E-state index contributed by atoms with van der Waals surface area (Å²) in [5.74, 6) is 1.35. The lowest BCUT2D eigenvalue weighted by Crippen LogP contribution is -2.17. The molecule has 28 heavy (non-hydrogen) atoms. The zero-order chi connectivity index (χ0) is 19.8. The van der Waals surface area contributed by atoms with Gasteiger partial charge in [-0.05, 0) is 55.0 Å². The van der Waals surface area contributed by atoms with E-state index in [1.54, 1.807) is 24.0 Å². The molecule has 1 fully saturated rings. The van der Waals surface area contributed by atoms with Gasteiger partial charge in [-0.25, -0.2) is 13.1 Å². The van der Waals surface area contributed by atoms with Gasteiger partial charge in [-0.1, -0.05) is 0 Å². The first kappa shape index (κ1) is 18.8. The van der Waals surface area contributed by atoms with E-state index in [1.165, 1.54) is 12.8 Å². The molecule has 1 aromatic carbocycles. The average molecular weight is 401 g/mol. The number of hydrogen-bond donors (Lipinski definition) is 3. The Balaban J connectivity index is 1.87. The van der Waals surface area contributed by atoms with Crippen molar-refractivity contribution < 1.29 is 13.2 Å². The van der Waals surface area contributed by atoms with Gasteiger partial charge in [0.2, 0.25) is 10.9 Å². The average Bonchev–Trinajstić information content (AvgIpc) is 3.36. The van der Waals surface area contributed by atoms with Gasteiger partial charge in [0.05, 0.1) is 6.61 Å². The Hall–Kier alpha value is -2.58. The van der Waals surface area contributed by atoms with Crippen molar-refractivity contribution in [3.8, 4) is 16.9 Å². The summed E-state index contributed by atoms with van der Waals surface area (Å²) in [6.07, 6.45) is 5.93. The van der Waals surface area contributed by atoms with Crippen LogP contribution < -0.4 is 15.0 Å². The SMILES string of the molecule is Cc1cc(OCC2CC2)c(-c2cn(C)c(=O)c3[nH]ccc23)cc1CN[SH](=O)=O. The van der Waals surface area contributed by atoms with E-state index in [-0.39, 0.29) is 12.1 Å². The topological polar surface area (TPSA) is 93.2 Å². The molecule has 1 aliphatic carbocycles. The fraction of sp³-hybridized carbons (Fsp3) is 0.350. The predicted molar refractivity (Wildman–Crippen MR) is 109 cm³/mol. The molecule has 0 saturated heterocycles. The third kappa shape index (κ3) is 3.70. The lowest BCUT2D eigenvalue weighted by molar-refractivity contribution is 0.300. The summed E-state index contributed by atoms with van der Waals surface area (Å²) in [6.45, 7) is 2.82. The lowest BCUT2D eigenvalue weighted by Gasteiger charge is -2.17. The van der Waals surface area contributed by atoms with Gasteiger partial charge in [-0.3, -0.25) is 4.79 Å². The van der Waals surface area contributed by atoms with Crippen molar-refractivity contribution in [1.29, 1.82) is 0 Å². The van der Waals surface area contributed by atoms with Crippen molar-refractivity contribution in [3.63, 3.8) is 0 Å². The van der Waals surface area contributed by atoms with Crippen LogP contribution in [0.1, 0.15) is 24.0 Å². The van der Waals surface area contributed by atoms with E-state index in [9.17, 15) is 13.2 Å². The number of pyridine rings is 1. The molecule has 3 aromatic rings. The Kier molecular flexibility index (Phi) is 4.99. The number of ether oxygens (including phenoxy) is 1. The maximum Gasteiger partial charge on any atom is 0.274 e. The fourth-order valence-electron chi connectivity index (χ4n) is 3.37. The molecule has 2 heterocycles. The van der Waals surface area contributed by atoms with Crippen LogP contribution in [0.2, 0.25) is 0 Å². The quantitative estimate of drug-likeness (QED) is 0.530. The van der Waals surface area contributed by atoms with Gasteiger partial charge >= 0.3 is 0 Å². The van der Waals surface area contributed by atoms with Crippen molar-refractivity contribution in [3.05, 3.63) is 52.1 Å². The molecule has 1 saturated carbocycles. The second-order valence-corrected chi connectivity index (χ2v) is 8.18. The maximum absolute atomic E-state index is 12.4. The molecule has 0 bridgehead atoms. The minimum absolute atomic E-state index is 0.0958. The maximum atomic E-state index is 12.4. The minimum Gasteiger partial charge on any atom is -0.493 e. The van der Waals surface area contributed by atoms with E-state index in [2.05, 4.69) is 9.71 Å². The Morgan fingerprint density at radius 2 is 2.07 bits per heavy atom. The van der Waals surface area contributed by atoms with Crippen LogP contribution in [0.15, 0.2) is 35.4 Å². The molecule has 0 atom stereocenters. The van der Waals surface area contributed by atoms with Crippen LogP contribution in [0.25, 0.3) is 22.0 Å². The first-order valence-corrected chi connectivity index (χ1v) is 10.4. The molecular formula is C20H23N3O4S. The molecule has 1 aliphatic rings. The highest BCUT2D eigenvalue weighted by Gasteiger charge is 2.23. The number of aromatic nitrogens is 2. The van der Waals surface area contributed by atoms with Gasteiger partial charge in [0.1, 0.15) is 11.3 Å². The number of aromatic amines is 1. The highest BCUT2D eigenvalue weighted by Crippen LogP contribution is 2.38. The Morgan fingerprint density at radius 1 is 1.29 bits per heavy atom. The van der Waals surface area contributed by atoms with Crippen molar-refractivity contribution in [1.82, 2.24) is 14.3 Å². The van der Waals surface area contributed by atoms with E-state index >= 15 is 0 Å². The molecule has 0 amide bonds. The summed E-state index contributed by atoms with van der Waals surface area (Å²) in [4.78, 5) is 15.4. The second kappa shape index (κ2) is 7.44. The van der Waals surface area contributed by atoms with Gasteiger partial charge in [-0.2, -0.15) is 0 Å². The van der Waals surface area contributed by atoms with Crippen molar-refractivity contribution in [2.24, 2.45) is 13.0 Å². The summed E-state index contributed by atoms with van der Waals surface area (Å²) < 4.78 is 32.1. The number of H-pyrrole nitrogens is 1. The third-order valence-electron chi connectivity index (χ3n) is 5.19. The van der Waals surface area contributed by atoms with Gasteiger partial charge in [0.15, 0.2) is 0 Å². The standard InChI is InChI=1S/C20H23N3O4S/c1-12-7-18(27-11-13-3-4-13)16(8-14(12)9-22-28(25)26)17-10-23(2)20(24)19-15(17)5-6-21-19/h5-8,10,13,21,28H,3-4,9,11H2,1-2H3,(H,22,25,26). The fourth-order valence-corrected chi connectivity index (χ4v) is 3.67. The number of fused-ring (bicyclic) bond motifs is 1. The van der Waals surface area contributed by atoms with Crippen molar-refractivity contribution in [2.45, 2.75) is 26.3 Å². The Labute approximate surface area is 164 Å². The predicted octanol–water partition coefficient (Wildman–Crippen LogP) is 2.25. The second-order valence-electron chi connectivity index (χ2n) is 7.35. The number of aryl methyl sites for hydroxylation is 2. The largest absolute Gasteiger partial charge is 0.493 e. The van der Waals surface area contributed by atoms with E-state index < -0.39 is 10.9 Å². The molecular weight excluding hydrogens is 378 g/mol. The summed E-state index contributed by atoms with van der Waals surface area (Å²) in [7, 11) is -0.959. The monoisotopic (exact) mass is 401 g/mol. The first-order valence-electron chi connectivity index (χ1n) is 9.25. The van der Waals surface area contributed by atoms with Gasteiger partial charge in [-0.15, -0.1) is 0 Å². The smallest absolute Gasteiger partial charge is 0.274 e. The highest BCUT2D eigenvalue weighted by molar-refractivity contribution is 7.70. The summed E-state index contributed by atoms with van der Waals surface area (Å²) in [6, 6.07) is 5.79. The number of hydrogen-bond acceptors (Lipinski definition) is 4. The third-order valence-corrected chi connectivity index (χ3v) is 5.61. The molecule has 2 N–H and O–H groups in total. The summed E-state index contributed by atoms with van der Waals surface area (Å²) >= 11 is 0. The minimum atomic E-state index is -2.68. The number of benzene rings is 1. The van der Waals surface area contributed by atoms with E-state index in [1.807, 2.05) is 25.1 Å². The zero-order valence-electron chi connectivity index (χ0n) is 15.8. The Bertz CT molecular complexity index is 1160. The Morgan fingerprint density at radius 3 is 2.79 bits per heavy atom. The van der Waals surface area contributed by atoms with Gasteiger partial charge in [0, 0.05) is 42.5 Å². The molecule has 8 heteroatoms. The van der Waals surface area contributed by atoms with Crippen LogP contribution in [0.3, 0.4) is 0 Å². The number of thiol groups is 1. The summed E-state index contributed by atoms with van der Waals surface area (Å²) in [5, 5.41) is 0.817. The van der Waals surface area contributed by atoms with Crippen molar-refractivity contribution in [2.75, 3.05) is 6.61 Å². The molecule has 0 unspecified atom stereocenters. The van der Waals surface area contributed by atoms with Crippen LogP contribution >= 0.6 is 0 Å². The lowest BCUT2D eigenvalue weighted by atomic mass is 9.97. The van der Waals surface area contributed by atoms with Crippen molar-refractivity contribution >= 4 is 21.8 Å². The van der Waals surface area contributed by atoms with Gasteiger partial charge < -0.3 is 14.3 Å². The highest BCUT2D eigenvalue weighted by atomic mass is 32.2. The van der Waals surface area contributed by atoms with Crippen LogP contribution in [0.5, 0.6) is 5.75 Å². The van der Waals surface area contributed by atoms with E-state index in [0.29, 0.717) is 18.0 Å². The molecule has 0 aliphatic heterocycles. The van der Waals surface area contributed by atoms with Crippen LogP contribution in [0.4, 0.5) is 0 Å². The molecule has 148 valence electrons. The first-order chi connectivity index (χ1) is 13.4. The number of nitrogens with one attached hydrogen (secondary N) is 2. The number of rotatable bonds is 7. The molecule has 4 rings (SSSR count). The zero-order valence-corrected chi connectivity index (χ0v) is 16.7. The van der Waals surface area contributed by atoms with Gasteiger partial charge in [0.25, 0.3) is 5.56 Å². The normalized spacial score (nSPS) is 14.1. The molecule has 2 aromatic heterocycles. The molecule has 7 nitrogen and oxygen atoms in total. The molecule has 0 radical (unpaired) electrons. The van der Waals surface area contributed by atoms with Crippen LogP contribution in [0, 0.1) is 12.8 Å². The van der Waals surface area contributed by atoms with Crippen LogP contribution in [-0.2, 0) is 24.5 Å². The number of nitrogens with zero attached hydrogens (tertiary/aromatic N) is 1. The van der Waals surface area contributed by atoms with E-state index in [4.69, 9.17) is 4.74 Å². The van der Waals surface area contributed by atoms with Crippen LogP contribution in [-0.4, -0.2) is 24.6 Å². The molecule has 0 spiro atoms. The summed E-state index contributed by atoms with van der Waals surface area (Å²) in [5.41, 5.74) is 3.98. The van der Waals surface area contributed by atoms with E-state index in [0.717, 1.165) is 33.4 Å².